The molecular weight excluding hydrogens is 338 g/mol. The number of fused-ring (bicyclic) bond motifs is 2. The molecule has 1 aliphatic heterocycles. The molecule has 3 aromatic heterocycles. The number of hydrogen-bond donors (Lipinski definition) is 2. The van der Waals surface area contributed by atoms with Gasteiger partial charge in [0, 0.05) is 48.5 Å². The van der Waals surface area contributed by atoms with Crippen molar-refractivity contribution < 1.29 is 0 Å². The number of nitrogens with one attached hydrogen (secondary N) is 2. The van der Waals surface area contributed by atoms with Gasteiger partial charge >= 0.3 is 0 Å². The lowest BCUT2D eigenvalue weighted by molar-refractivity contribution is 0.241. The van der Waals surface area contributed by atoms with Crippen LogP contribution in [0, 0.1) is 0 Å². The van der Waals surface area contributed by atoms with Gasteiger partial charge in [-0.25, -0.2) is 9.97 Å². The third-order valence-corrected chi connectivity index (χ3v) is 5.13. The molecule has 6 heteroatoms. The molecule has 0 atom stereocenters. The molecule has 0 saturated heterocycles. The summed E-state index contributed by atoms with van der Waals surface area (Å²) in [7, 11) is 0. The fourth-order valence-corrected chi connectivity index (χ4v) is 3.75. The normalized spacial score (nSPS) is 14.4. The van der Waals surface area contributed by atoms with E-state index < -0.39 is 0 Å². The van der Waals surface area contributed by atoms with E-state index in [0.29, 0.717) is 18.8 Å². The summed E-state index contributed by atoms with van der Waals surface area (Å²) in [5.41, 5.74) is 4.72. The average Bonchev–Trinajstić information content (AvgIpc) is 3.11. The highest BCUT2D eigenvalue weighted by molar-refractivity contribution is 5.79. The fourth-order valence-electron chi connectivity index (χ4n) is 3.75. The number of aromatic amines is 2. The molecular formula is C21H19N5O. The molecule has 134 valence electrons. The summed E-state index contributed by atoms with van der Waals surface area (Å²) in [5.74, 6) is 0.637. The molecule has 0 radical (unpaired) electrons. The van der Waals surface area contributed by atoms with Crippen LogP contribution in [0.1, 0.15) is 16.8 Å². The lowest BCUT2D eigenvalue weighted by Gasteiger charge is -2.27. The first-order valence-corrected chi connectivity index (χ1v) is 9.09. The Morgan fingerprint density at radius 1 is 1.11 bits per heavy atom. The second-order valence-corrected chi connectivity index (χ2v) is 6.88. The maximum Gasteiger partial charge on any atom is 0.254 e. The van der Waals surface area contributed by atoms with Crippen LogP contribution in [0.25, 0.3) is 22.4 Å². The van der Waals surface area contributed by atoms with Crippen molar-refractivity contribution in [2.45, 2.75) is 19.5 Å². The molecule has 4 heterocycles. The molecule has 2 N–H and O–H groups in total. The average molecular weight is 357 g/mol. The first kappa shape index (κ1) is 16.0. The van der Waals surface area contributed by atoms with Crippen molar-refractivity contribution in [1.29, 1.82) is 0 Å². The second-order valence-electron chi connectivity index (χ2n) is 6.88. The maximum absolute atomic E-state index is 12.5. The van der Waals surface area contributed by atoms with E-state index in [9.17, 15) is 4.79 Å². The molecule has 1 aliphatic rings. The van der Waals surface area contributed by atoms with Crippen LogP contribution in [0.4, 0.5) is 0 Å². The SMILES string of the molecule is O=c1[nH]c(-c2ccccc2)nc2c1CCN(Cc1c[nH]c3ncccc13)C2. The highest BCUT2D eigenvalue weighted by Gasteiger charge is 2.22. The lowest BCUT2D eigenvalue weighted by atomic mass is 10.0. The number of nitrogens with zero attached hydrogens (tertiary/aromatic N) is 3. The van der Waals surface area contributed by atoms with Gasteiger partial charge in [0.2, 0.25) is 0 Å². The molecule has 4 aromatic rings. The Hall–Kier alpha value is -3.25. The van der Waals surface area contributed by atoms with Crippen LogP contribution in [-0.2, 0) is 19.5 Å². The van der Waals surface area contributed by atoms with Crippen molar-refractivity contribution in [2.75, 3.05) is 6.54 Å². The summed E-state index contributed by atoms with van der Waals surface area (Å²) in [6.45, 7) is 2.32. The molecule has 0 fully saturated rings. The van der Waals surface area contributed by atoms with Gasteiger partial charge in [0.15, 0.2) is 0 Å². The van der Waals surface area contributed by atoms with Crippen LogP contribution in [0.2, 0.25) is 0 Å². The third kappa shape index (κ3) is 2.94. The molecule has 5 rings (SSSR count). The van der Waals surface area contributed by atoms with Crippen LogP contribution < -0.4 is 5.56 Å². The van der Waals surface area contributed by atoms with Gasteiger partial charge in [-0.15, -0.1) is 0 Å². The van der Waals surface area contributed by atoms with Gasteiger partial charge in [-0.05, 0) is 24.1 Å². The zero-order valence-electron chi connectivity index (χ0n) is 14.8. The molecule has 0 unspecified atom stereocenters. The van der Waals surface area contributed by atoms with Crippen molar-refractivity contribution in [3.63, 3.8) is 0 Å². The fraction of sp³-hybridized carbons (Fsp3) is 0.190. The van der Waals surface area contributed by atoms with E-state index in [2.05, 4.69) is 25.9 Å². The van der Waals surface area contributed by atoms with Crippen molar-refractivity contribution in [3.05, 3.63) is 82.0 Å². The van der Waals surface area contributed by atoms with Crippen molar-refractivity contribution in [3.8, 4) is 11.4 Å². The van der Waals surface area contributed by atoms with E-state index in [4.69, 9.17) is 4.98 Å². The smallest absolute Gasteiger partial charge is 0.254 e. The number of pyridine rings is 1. The molecule has 0 amide bonds. The lowest BCUT2D eigenvalue weighted by Crippen LogP contribution is -2.35. The topological polar surface area (TPSA) is 77.7 Å². The van der Waals surface area contributed by atoms with E-state index in [1.807, 2.05) is 42.6 Å². The first-order chi connectivity index (χ1) is 13.3. The van der Waals surface area contributed by atoms with Crippen LogP contribution >= 0.6 is 0 Å². The number of rotatable bonds is 3. The summed E-state index contributed by atoms with van der Waals surface area (Å²) in [5, 5.41) is 1.15. The quantitative estimate of drug-likeness (QED) is 0.591. The Kier molecular flexibility index (Phi) is 3.83. The van der Waals surface area contributed by atoms with Crippen LogP contribution in [-0.4, -0.2) is 31.4 Å². The Balaban J connectivity index is 1.45. The molecule has 6 nitrogen and oxygen atoms in total. The van der Waals surface area contributed by atoms with Crippen molar-refractivity contribution >= 4 is 11.0 Å². The van der Waals surface area contributed by atoms with Crippen molar-refractivity contribution in [2.24, 2.45) is 0 Å². The largest absolute Gasteiger partial charge is 0.346 e. The van der Waals surface area contributed by atoms with E-state index in [1.165, 1.54) is 5.56 Å². The van der Waals surface area contributed by atoms with Gasteiger partial charge < -0.3 is 9.97 Å². The monoisotopic (exact) mass is 357 g/mol. The molecule has 0 aliphatic carbocycles. The zero-order valence-corrected chi connectivity index (χ0v) is 14.8. The Labute approximate surface area is 155 Å². The summed E-state index contributed by atoms with van der Waals surface area (Å²) >= 11 is 0. The number of hydrogen-bond acceptors (Lipinski definition) is 4. The molecule has 27 heavy (non-hydrogen) atoms. The summed E-state index contributed by atoms with van der Waals surface area (Å²) in [4.78, 5) is 30.2. The maximum atomic E-state index is 12.5. The highest BCUT2D eigenvalue weighted by Crippen LogP contribution is 2.22. The van der Waals surface area contributed by atoms with Gasteiger partial charge in [-0.3, -0.25) is 9.69 Å². The summed E-state index contributed by atoms with van der Waals surface area (Å²) in [6, 6.07) is 13.8. The Morgan fingerprint density at radius 2 is 2.00 bits per heavy atom. The molecule has 0 saturated carbocycles. The Bertz CT molecular complexity index is 1160. The molecule has 1 aromatic carbocycles. The zero-order chi connectivity index (χ0) is 18.2. The summed E-state index contributed by atoms with van der Waals surface area (Å²) < 4.78 is 0. The second kappa shape index (κ2) is 6.48. The number of benzene rings is 1. The third-order valence-electron chi connectivity index (χ3n) is 5.13. The van der Waals surface area contributed by atoms with Gasteiger partial charge in [0.05, 0.1) is 5.69 Å². The summed E-state index contributed by atoms with van der Waals surface area (Å²) in [6.07, 6.45) is 4.53. The minimum atomic E-state index is -0.0187. The number of aromatic nitrogens is 4. The predicted molar refractivity (Wildman–Crippen MR) is 104 cm³/mol. The molecule has 0 spiro atoms. The van der Waals surface area contributed by atoms with Gasteiger partial charge in [-0.2, -0.15) is 0 Å². The van der Waals surface area contributed by atoms with Gasteiger partial charge in [0.25, 0.3) is 5.56 Å². The van der Waals surface area contributed by atoms with Gasteiger partial charge in [0.1, 0.15) is 11.5 Å². The van der Waals surface area contributed by atoms with Gasteiger partial charge in [-0.1, -0.05) is 30.3 Å². The minimum Gasteiger partial charge on any atom is -0.346 e. The van der Waals surface area contributed by atoms with E-state index in [1.54, 1.807) is 6.20 Å². The van der Waals surface area contributed by atoms with E-state index >= 15 is 0 Å². The minimum absolute atomic E-state index is 0.0187. The van der Waals surface area contributed by atoms with E-state index in [0.717, 1.165) is 40.9 Å². The predicted octanol–water partition coefficient (Wildman–Crippen LogP) is 2.87. The molecule has 0 bridgehead atoms. The first-order valence-electron chi connectivity index (χ1n) is 9.09. The standard InChI is InChI=1S/C21H19N5O/c27-21-17-8-10-26(12-15-11-23-20-16(15)7-4-9-22-20)13-18(17)24-19(25-21)14-5-2-1-3-6-14/h1-7,9,11H,8,10,12-13H2,(H,22,23)(H,24,25,27). The van der Waals surface area contributed by atoms with Crippen molar-refractivity contribution in [1.82, 2.24) is 24.8 Å². The van der Waals surface area contributed by atoms with Crippen LogP contribution in [0.15, 0.2) is 59.7 Å². The highest BCUT2D eigenvalue weighted by atomic mass is 16.1. The number of H-pyrrole nitrogens is 2. The van der Waals surface area contributed by atoms with Crippen LogP contribution in [0.5, 0.6) is 0 Å². The Morgan fingerprint density at radius 3 is 2.89 bits per heavy atom. The van der Waals surface area contributed by atoms with Crippen LogP contribution in [0.3, 0.4) is 0 Å². The van der Waals surface area contributed by atoms with E-state index in [-0.39, 0.29) is 5.56 Å².